The van der Waals surface area contributed by atoms with Crippen LogP contribution < -0.4 is 0 Å². The molecule has 0 aliphatic rings. The van der Waals surface area contributed by atoms with E-state index >= 15 is 0 Å². The molecule has 0 bridgehead atoms. The van der Waals surface area contributed by atoms with E-state index in [2.05, 4.69) is 0 Å². The smallest absolute Gasteiger partial charge is 0.338 e. The predicted molar refractivity (Wildman–Crippen MR) is 73.9 cm³/mol. The average molecular weight is 302 g/mol. The van der Waals surface area contributed by atoms with E-state index in [-0.39, 0.29) is 15.6 Å². The van der Waals surface area contributed by atoms with Crippen molar-refractivity contribution < 1.29 is 9.90 Å². The fourth-order valence-corrected chi connectivity index (χ4v) is 2.37. The summed E-state index contributed by atoms with van der Waals surface area (Å²) in [5, 5.41) is 9.91. The standard InChI is InChI=1S/C13H7Cl3O2/c14-8-3-1-7(2-4-8)9-5-6-10(15)11(12(9)16)13(17)18/h1-6H,(H,17,18). The number of hydrogen-bond acceptors (Lipinski definition) is 1. The van der Waals surface area contributed by atoms with Gasteiger partial charge in [0.2, 0.25) is 0 Å². The molecule has 0 radical (unpaired) electrons. The van der Waals surface area contributed by atoms with E-state index in [0.717, 1.165) is 5.56 Å². The summed E-state index contributed by atoms with van der Waals surface area (Å²) in [4.78, 5) is 11.1. The molecule has 2 aromatic rings. The molecule has 0 heterocycles. The largest absolute Gasteiger partial charge is 0.478 e. The summed E-state index contributed by atoms with van der Waals surface area (Å²) in [6, 6.07) is 10.2. The van der Waals surface area contributed by atoms with Crippen LogP contribution in [0, 0.1) is 0 Å². The molecule has 92 valence electrons. The molecule has 0 saturated heterocycles. The molecule has 2 nitrogen and oxygen atoms in total. The minimum absolute atomic E-state index is 0.0919. The Bertz CT molecular complexity index is 606. The van der Waals surface area contributed by atoms with Crippen LogP contribution in [0.15, 0.2) is 36.4 Å². The van der Waals surface area contributed by atoms with Crippen LogP contribution in [0.4, 0.5) is 0 Å². The zero-order valence-corrected chi connectivity index (χ0v) is 11.2. The number of rotatable bonds is 2. The Kier molecular flexibility index (Phi) is 3.81. The van der Waals surface area contributed by atoms with E-state index < -0.39 is 5.97 Å². The van der Waals surface area contributed by atoms with Crippen LogP contribution in [0.1, 0.15) is 10.4 Å². The Morgan fingerprint density at radius 1 is 0.944 bits per heavy atom. The third-order valence-corrected chi connectivity index (χ3v) is 3.42. The van der Waals surface area contributed by atoms with Gasteiger partial charge in [-0.1, -0.05) is 53.0 Å². The van der Waals surface area contributed by atoms with Crippen molar-refractivity contribution >= 4 is 40.8 Å². The van der Waals surface area contributed by atoms with Gasteiger partial charge in [0.05, 0.1) is 15.6 Å². The molecule has 0 amide bonds. The van der Waals surface area contributed by atoms with Crippen LogP contribution in [0.2, 0.25) is 15.1 Å². The summed E-state index contributed by atoms with van der Waals surface area (Å²) in [7, 11) is 0. The first-order valence-corrected chi connectivity index (χ1v) is 6.11. The monoisotopic (exact) mass is 300 g/mol. The molecule has 1 N–H and O–H groups in total. The number of carboxylic acids is 1. The minimum atomic E-state index is -1.15. The van der Waals surface area contributed by atoms with Crippen molar-refractivity contribution in [2.75, 3.05) is 0 Å². The topological polar surface area (TPSA) is 37.3 Å². The van der Waals surface area contributed by atoms with E-state index in [1.807, 2.05) is 0 Å². The summed E-state index contributed by atoms with van der Waals surface area (Å²) < 4.78 is 0. The zero-order chi connectivity index (χ0) is 13.3. The summed E-state index contributed by atoms with van der Waals surface area (Å²) in [5.74, 6) is -1.15. The summed E-state index contributed by atoms with van der Waals surface area (Å²) >= 11 is 17.7. The Labute approximate surface area is 119 Å². The number of carboxylic acid groups (broad SMARTS) is 1. The lowest BCUT2D eigenvalue weighted by Crippen LogP contribution is -1.99. The lowest BCUT2D eigenvalue weighted by atomic mass is 10.0. The molecule has 2 aromatic carbocycles. The molecule has 0 spiro atoms. The van der Waals surface area contributed by atoms with Crippen molar-refractivity contribution in [2.45, 2.75) is 0 Å². The predicted octanol–water partition coefficient (Wildman–Crippen LogP) is 5.01. The van der Waals surface area contributed by atoms with E-state index in [9.17, 15) is 4.79 Å². The zero-order valence-electron chi connectivity index (χ0n) is 8.95. The number of carbonyl (C=O) groups is 1. The highest BCUT2D eigenvalue weighted by atomic mass is 35.5. The third-order valence-electron chi connectivity index (χ3n) is 2.46. The van der Waals surface area contributed by atoms with Crippen LogP contribution >= 0.6 is 34.8 Å². The van der Waals surface area contributed by atoms with Crippen molar-refractivity contribution in [2.24, 2.45) is 0 Å². The van der Waals surface area contributed by atoms with Crippen LogP contribution in [0.25, 0.3) is 11.1 Å². The molecule has 0 aromatic heterocycles. The van der Waals surface area contributed by atoms with Crippen molar-refractivity contribution in [3.05, 3.63) is 57.0 Å². The van der Waals surface area contributed by atoms with Gasteiger partial charge in [0, 0.05) is 10.6 Å². The SMILES string of the molecule is O=C(O)c1c(Cl)ccc(-c2ccc(Cl)cc2)c1Cl. The summed E-state index contributed by atoms with van der Waals surface area (Å²) in [6.45, 7) is 0. The van der Waals surface area contributed by atoms with E-state index in [1.165, 1.54) is 6.07 Å². The highest BCUT2D eigenvalue weighted by Crippen LogP contribution is 2.35. The molecule has 2 rings (SSSR count). The highest BCUT2D eigenvalue weighted by Gasteiger charge is 2.17. The normalized spacial score (nSPS) is 10.4. The maximum Gasteiger partial charge on any atom is 0.338 e. The molecule has 18 heavy (non-hydrogen) atoms. The fourth-order valence-electron chi connectivity index (χ4n) is 1.60. The Balaban J connectivity index is 2.62. The Morgan fingerprint density at radius 2 is 1.56 bits per heavy atom. The quantitative estimate of drug-likeness (QED) is 0.846. The van der Waals surface area contributed by atoms with Crippen LogP contribution in [0.5, 0.6) is 0 Å². The number of hydrogen-bond donors (Lipinski definition) is 1. The number of halogens is 3. The van der Waals surface area contributed by atoms with Gasteiger partial charge < -0.3 is 5.11 Å². The molecular weight excluding hydrogens is 294 g/mol. The van der Waals surface area contributed by atoms with Gasteiger partial charge in [-0.2, -0.15) is 0 Å². The first-order chi connectivity index (χ1) is 8.50. The first-order valence-electron chi connectivity index (χ1n) is 4.98. The van der Waals surface area contributed by atoms with Gasteiger partial charge in [0.1, 0.15) is 0 Å². The molecule has 0 atom stereocenters. The second kappa shape index (κ2) is 5.19. The molecule has 5 heteroatoms. The van der Waals surface area contributed by atoms with Gasteiger partial charge in [0.25, 0.3) is 0 Å². The lowest BCUT2D eigenvalue weighted by molar-refractivity contribution is 0.0697. The van der Waals surface area contributed by atoms with E-state index in [4.69, 9.17) is 39.9 Å². The average Bonchev–Trinajstić information content (AvgIpc) is 2.30. The maximum atomic E-state index is 11.1. The highest BCUT2D eigenvalue weighted by molar-refractivity contribution is 6.41. The molecule has 0 aliphatic heterocycles. The van der Waals surface area contributed by atoms with E-state index in [1.54, 1.807) is 30.3 Å². The minimum Gasteiger partial charge on any atom is -0.478 e. The van der Waals surface area contributed by atoms with Crippen LogP contribution in [-0.4, -0.2) is 11.1 Å². The fraction of sp³-hybridized carbons (Fsp3) is 0. The van der Waals surface area contributed by atoms with Gasteiger partial charge in [-0.15, -0.1) is 0 Å². The molecule has 0 unspecified atom stereocenters. The maximum absolute atomic E-state index is 11.1. The van der Waals surface area contributed by atoms with E-state index in [0.29, 0.717) is 10.6 Å². The summed E-state index contributed by atoms with van der Waals surface area (Å²) in [6.07, 6.45) is 0. The summed E-state index contributed by atoms with van der Waals surface area (Å²) in [5.41, 5.74) is 1.30. The van der Waals surface area contributed by atoms with Crippen molar-refractivity contribution in [3.8, 4) is 11.1 Å². The van der Waals surface area contributed by atoms with Gasteiger partial charge in [-0.3, -0.25) is 0 Å². The second-order valence-electron chi connectivity index (χ2n) is 3.60. The van der Waals surface area contributed by atoms with Crippen molar-refractivity contribution in [1.29, 1.82) is 0 Å². The second-order valence-corrected chi connectivity index (χ2v) is 4.82. The number of benzene rings is 2. The molecule has 0 fully saturated rings. The molecular formula is C13H7Cl3O2. The van der Waals surface area contributed by atoms with Gasteiger partial charge in [0.15, 0.2) is 0 Å². The van der Waals surface area contributed by atoms with Gasteiger partial charge in [-0.25, -0.2) is 4.79 Å². The molecule has 0 saturated carbocycles. The number of aromatic carboxylic acids is 1. The van der Waals surface area contributed by atoms with Crippen molar-refractivity contribution in [3.63, 3.8) is 0 Å². The van der Waals surface area contributed by atoms with Crippen LogP contribution in [0.3, 0.4) is 0 Å². The lowest BCUT2D eigenvalue weighted by Gasteiger charge is -2.09. The Morgan fingerprint density at radius 3 is 2.11 bits per heavy atom. The van der Waals surface area contributed by atoms with Gasteiger partial charge >= 0.3 is 5.97 Å². The van der Waals surface area contributed by atoms with Gasteiger partial charge in [-0.05, 0) is 23.8 Å². The Hall–Kier alpha value is -1.22. The third kappa shape index (κ3) is 2.46. The van der Waals surface area contributed by atoms with Crippen LogP contribution in [-0.2, 0) is 0 Å². The first kappa shape index (κ1) is 13.2. The van der Waals surface area contributed by atoms with Crippen molar-refractivity contribution in [1.82, 2.24) is 0 Å². The molecule has 0 aliphatic carbocycles.